The van der Waals surface area contributed by atoms with Crippen molar-refractivity contribution >= 4 is 27.5 Å². The molecule has 0 heterocycles. The van der Waals surface area contributed by atoms with Crippen molar-refractivity contribution in [3.05, 3.63) is 68.7 Å². The molecule has 0 bridgehead atoms. The zero-order chi connectivity index (χ0) is 14.7. The minimum absolute atomic E-state index is 0.315. The molecule has 0 fully saturated rings. The Morgan fingerprint density at radius 2 is 1.80 bits per heavy atom. The fraction of sp³-hybridized carbons (Fsp3) is 0.143. The lowest BCUT2D eigenvalue weighted by Crippen LogP contribution is -2.30. The smallest absolute Gasteiger partial charge is 0.124 e. The van der Waals surface area contributed by atoms with Crippen LogP contribution < -0.4 is 11.3 Å². The monoisotopic (exact) mass is 360 g/mol. The topological polar surface area (TPSA) is 38.0 Å². The number of hydrazine groups is 1. The van der Waals surface area contributed by atoms with Gasteiger partial charge in [0.25, 0.3) is 0 Å². The fourth-order valence-corrected chi connectivity index (χ4v) is 2.78. The second kappa shape index (κ2) is 6.63. The number of rotatable bonds is 4. The molecule has 0 aliphatic heterocycles. The van der Waals surface area contributed by atoms with Gasteiger partial charge in [-0.2, -0.15) is 0 Å². The highest BCUT2D eigenvalue weighted by atomic mass is 79.9. The Morgan fingerprint density at radius 3 is 2.45 bits per heavy atom. The molecule has 0 aliphatic carbocycles. The van der Waals surface area contributed by atoms with Gasteiger partial charge in [0.1, 0.15) is 11.6 Å². The van der Waals surface area contributed by atoms with Crippen LogP contribution in [-0.2, 0) is 6.42 Å². The lowest BCUT2D eigenvalue weighted by atomic mass is 9.99. The van der Waals surface area contributed by atoms with Gasteiger partial charge >= 0.3 is 0 Å². The lowest BCUT2D eigenvalue weighted by Gasteiger charge is -2.18. The Bertz CT molecular complexity index is 622. The summed E-state index contributed by atoms with van der Waals surface area (Å²) >= 11 is 9.34. The second-order valence-corrected chi connectivity index (χ2v) is 5.59. The third-order valence-corrected chi connectivity index (χ3v) is 4.03. The van der Waals surface area contributed by atoms with Crippen LogP contribution in [0.5, 0.6) is 0 Å². The molecule has 2 aromatic carbocycles. The van der Waals surface area contributed by atoms with Crippen LogP contribution in [0.3, 0.4) is 0 Å². The molecule has 0 aromatic heterocycles. The van der Waals surface area contributed by atoms with Crippen molar-refractivity contribution in [1.82, 2.24) is 5.43 Å². The maximum Gasteiger partial charge on any atom is 0.124 e. The van der Waals surface area contributed by atoms with Crippen LogP contribution >= 0.6 is 27.5 Å². The zero-order valence-electron chi connectivity index (χ0n) is 10.3. The van der Waals surface area contributed by atoms with E-state index < -0.39 is 0 Å². The van der Waals surface area contributed by atoms with E-state index in [0.717, 1.165) is 5.56 Å². The molecule has 1 unspecified atom stereocenters. The summed E-state index contributed by atoms with van der Waals surface area (Å²) in [7, 11) is 0. The highest BCUT2D eigenvalue weighted by molar-refractivity contribution is 9.10. The Morgan fingerprint density at radius 1 is 1.15 bits per heavy atom. The molecule has 2 nitrogen and oxygen atoms in total. The average molecular weight is 362 g/mol. The summed E-state index contributed by atoms with van der Waals surface area (Å²) < 4.78 is 27.0. The molecule has 106 valence electrons. The molecule has 2 rings (SSSR count). The molecule has 6 heteroatoms. The summed E-state index contributed by atoms with van der Waals surface area (Å²) in [5.41, 5.74) is 4.04. The van der Waals surface area contributed by atoms with E-state index in [2.05, 4.69) is 21.4 Å². The molecule has 0 amide bonds. The summed E-state index contributed by atoms with van der Waals surface area (Å²) in [6, 6.07) is 8.17. The van der Waals surface area contributed by atoms with Gasteiger partial charge in [-0.05, 0) is 47.9 Å². The molecular weight excluding hydrogens is 350 g/mol. The normalized spacial score (nSPS) is 12.4. The first-order valence-corrected chi connectivity index (χ1v) is 7.03. The maximum absolute atomic E-state index is 13.3. The van der Waals surface area contributed by atoms with Gasteiger partial charge in [0.2, 0.25) is 0 Å². The SMILES string of the molecule is NNC(Cc1cc(F)ccc1Cl)c1ccc(F)cc1Br. The number of benzene rings is 2. The molecule has 0 saturated carbocycles. The van der Waals surface area contributed by atoms with Crippen molar-refractivity contribution in [2.24, 2.45) is 5.84 Å². The summed E-state index contributed by atoms with van der Waals surface area (Å²) in [6.45, 7) is 0. The van der Waals surface area contributed by atoms with Gasteiger partial charge < -0.3 is 0 Å². The summed E-state index contributed by atoms with van der Waals surface area (Å²) in [5, 5.41) is 0.463. The van der Waals surface area contributed by atoms with Crippen molar-refractivity contribution in [3.8, 4) is 0 Å². The van der Waals surface area contributed by atoms with Crippen molar-refractivity contribution in [2.75, 3.05) is 0 Å². The van der Waals surface area contributed by atoms with Crippen LogP contribution in [0.15, 0.2) is 40.9 Å². The van der Waals surface area contributed by atoms with Gasteiger partial charge in [-0.25, -0.2) is 8.78 Å². The van der Waals surface area contributed by atoms with Gasteiger partial charge in [-0.1, -0.05) is 33.6 Å². The summed E-state index contributed by atoms with van der Waals surface area (Å²) in [5.74, 6) is 4.84. The standard InChI is InChI=1S/C14H12BrClF2N2/c15-12-7-10(18)1-3-11(12)14(20-19)6-8-5-9(17)2-4-13(8)16/h1-5,7,14,20H,6,19H2. The third kappa shape index (κ3) is 3.55. The van der Waals surface area contributed by atoms with Crippen LogP contribution in [0.1, 0.15) is 17.2 Å². The van der Waals surface area contributed by atoms with Crippen molar-refractivity contribution in [3.63, 3.8) is 0 Å². The Hall–Kier alpha value is -1.01. The van der Waals surface area contributed by atoms with Crippen molar-refractivity contribution in [2.45, 2.75) is 12.5 Å². The van der Waals surface area contributed by atoms with Crippen LogP contribution in [-0.4, -0.2) is 0 Å². The molecular formula is C14H12BrClF2N2. The molecule has 0 spiro atoms. The van der Waals surface area contributed by atoms with E-state index >= 15 is 0 Å². The Balaban J connectivity index is 2.31. The third-order valence-electron chi connectivity index (χ3n) is 2.97. The molecule has 2 aromatic rings. The molecule has 0 saturated heterocycles. The van der Waals surface area contributed by atoms with Crippen LogP contribution in [0.2, 0.25) is 5.02 Å². The molecule has 0 aliphatic rings. The van der Waals surface area contributed by atoms with E-state index in [1.807, 2.05) is 0 Å². The Kier molecular flexibility index (Phi) is 5.10. The molecule has 3 N–H and O–H groups in total. The second-order valence-electron chi connectivity index (χ2n) is 4.32. The van der Waals surface area contributed by atoms with E-state index in [9.17, 15) is 8.78 Å². The maximum atomic E-state index is 13.3. The van der Waals surface area contributed by atoms with E-state index in [1.165, 1.54) is 30.3 Å². The quantitative estimate of drug-likeness (QED) is 0.635. The van der Waals surface area contributed by atoms with E-state index in [4.69, 9.17) is 17.4 Å². The van der Waals surface area contributed by atoms with Gasteiger partial charge in [0, 0.05) is 9.50 Å². The minimum Gasteiger partial charge on any atom is -0.271 e. The first-order valence-electron chi connectivity index (χ1n) is 5.86. The van der Waals surface area contributed by atoms with Crippen LogP contribution in [0.25, 0.3) is 0 Å². The molecule has 20 heavy (non-hydrogen) atoms. The van der Waals surface area contributed by atoms with Crippen molar-refractivity contribution in [1.29, 1.82) is 0 Å². The van der Waals surface area contributed by atoms with Crippen LogP contribution in [0.4, 0.5) is 8.78 Å². The predicted octanol–water partition coefficient (Wildman–Crippen LogP) is 4.13. The average Bonchev–Trinajstić information content (AvgIpc) is 2.40. The zero-order valence-corrected chi connectivity index (χ0v) is 12.7. The Labute approximate surface area is 129 Å². The van der Waals surface area contributed by atoms with Gasteiger partial charge in [0.15, 0.2) is 0 Å². The number of halogens is 4. The minimum atomic E-state index is -0.363. The first kappa shape index (κ1) is 15.4. The van der Waals surface area contributed by atoms with Gasteiger partial charge in [-0.3, -0.25) is 11.3 Å². The first-order chi connectivity index (χ1) is 9.51. The van der Waals surface area contributed by atoms with Gasteiger partial charge in [0.05, 0.1) is 6.04 Å². The molecule has 0 radical (unpaired) electrons. The fourth-order valence-electron chi connectivity index (χ4n) is 1.96. The van der Waals surface area contributed by atoms with E-state index in [-0.39, 0.29) is 17.7 Å². The van der Waals surface area contributed by atoms with Gasteiger partial charge in [-0.15, -0.1) is 0 Å². The molecule has 1 atom stereocenters. The number of nitrogens with one attached hydrogen (secondary N) is 1. The predicted molar refractivity (Wildman–Crippen MR) is 79.3 cm³/mol. The van der Waals surface area contributed by atoms with Crippen molar-refractivity contribution < 1.29 is 8.78 Å². The lowest BCUT2D eigenvalue weighted by molar-refractivity contribution is 0.544. The summed E-state index contributed by atoms with van der Waals surface area (Å²) in [4.78, 5) is 0. The number of hydrogen-bond acceptors (Lipinski definition) is 2. The van der Waals surface area contributed by atoms with Crippen LogP contribution in [0, 0.1) is 11.6 Å². The highest BCUT2D eigenvalue weighted by Crippen LogP contribution is 2.29. The highest BCUT2D eigenvalue weighted by Gasteiger charge is 2.16. The largest absolute Gasteiger partial charge is 0.271 e. The van der Waals surface area contributed by atoms with E-state index in [0.29, 0.717) is 21.5 Å². The van der Waals surface area contributed by atoms with E-state index in [1.54, 1.807) is 6.07 Å². The number of hydrogen-bond donors (Lipinski definition) is 2. The number of nitrogens with two attached hydrogens (primary N) is 1. The summed E-state index contributed by atoms with van der Waals surface area (Å²) in [6.07, 6.45) is 0.386.